The third-order valence-electron chi connectivity index (χ3n) is 5.48. The molecule has 0 atom stereocenters. The molecule has 0 unspecified atom stereocenters. The van der Waals surface area contributed by atoms with Gasteiger partial charge in [0.05, 0.1) is 0 Å². The molecule has 128 valence electrons. The van der Waals surface area contributed by atoms with Crippen molar-refractivity contribution in [1.82, 2.24) is 0 Å². The summed E-state index contributed by atoms with van der Waals surface area (Å²) in [6.07, 6.45) is 0. The van der Waals surface area contributed by atoms with Gasteiger partial charge in [0.15, 0.2) is 0 Å². The molecule has 0 N–H and O–H groups in total. The molecule has 5 rings (SSSR count). The van der Waals surface area contributed by atoms with Crippen LogP contribution in [0.4, 0.5) is 0 Å². The average molecular weight is 344 g/mol. The first-order valence-corrected chi connectivity index (χ1v) is 9.39. The SMILES string of the molecule is Cc1c2ccccc2c(-c2ccccc2-c2ccccc2)c2ccccc12. The molecule has 27 heavy (non-hydrogen) atoms. The molecule has 5 aromatic carbocycles. The first-order valence-electron chi connectivity index (χ1n) is 9.39. The van der Waals surface area contributed by atoms with Crippen molar-refractivity contribution in [3.8, 4) is 22.3 Å². The minimum atomic E-state index is 1.25. The fourth-order valence-corrected chi connectivity index (χ4v) is 4.21. The number of aryl methyl sites for hydroxylation is 1. The predicted octanol–water partition coefficient (Wildman–Crippen LogP) is 7.64. The van der Waals surface area contributed by atoms with Gasteiger partial charge in [-0.15, -0.1) is 0 Å². The fourth-order valence-electron chi connectivity index (χ4n) is 4.21. The summed E-state index contributed by atoms with van der Waals surface area (Å²) in [4.78, 5) is 0. The molecule has 0 aliphatic heterocycles. The highest BCUT2D eigenvalue weighted by molar-refractivity contribution is 6.16. The van der Waals surface area contributed by atoms with Crippen LogP contribution in [0.1, 0.15) is 5.56 Å². The molecular formula is C27H20. The summed E-state index contributed by atoms with van der Waals surface area (Å²) in [7, 11) is 0. The van der Waals surface area contributed by atoms with Gasteiger partial charge in [0.1, 0.15) is 0 Å². The minimum Gasteiger partial charge on any atom is -0.0622 e. The molecule has 0 heterocycles. The lowest BCUT2D eigenvalue weighted by Gasteiger charge is -2.18. The van der Waals surface area contributed by atoms with Gasteiger partial charge in [-0.2, -0.15) is 0 Å². The Bertz CT molecular complexity index is 1210. The predicted molar refractivity (Wildman–Crippen MR) is 117 cm³/mol. The number of benzene rings is 5. The van der Waals surface area contributed by atoms with Crippen molar-refractivity contribution in [3.63, 3.8) is 0 Å². The lowest BCUT2D eigenvalue weighted by molar-refractivity contribution is 1.57. The number of hydrogen-bond donors (Lipinski definition) is 0. The van der Waals surface area contributed by atoms with E-state index in [1.807, 2.05) is 0 Å². The van der Waals surface area contributed by atoms with Crippen molar-refractivity contribution in [2.75, 3.05) is 0 Å². The third-order valence-corrected chi connectivity index (χ3v) is 5.48. The molecule has 0 bridgehead atoms. The van der Waals surface area contributed by atoms with Crippen LogP contribution in [0.2, 0.25) is 0 Å². The molecule has 0 saturated carbocycles. The van der Waals surface area contributed by atoms with Crippen molar-refractivity contribution in [2.45, 2.75) is 6.92 Å². The van der Waals surface area contributed by atoms with Crippen LogP contribution in [0, 0.1) is 6.92 Å². The van der Waals surface area contributed by atoms with Crippen LogP contribution in [-0.4, -0.2) is 0 Å². The highest BCUT2D eigenvalue weighted by Gasteiger charge is 2.15. The zero-order valence-corrected chi connectivity index (χ0v) is 15.3. The van der Waals surface area contributed by atoms with E-state index >= 15 is 0 Å². The van der Waals surface area contributed by atoms with E-state index in [4.69, 9.17) is 0 Å². The topological polar surface area (TPSA) is 0 Å². The third kappa shape index (κ3) is 2.53. The number of rotatable bonds is 2. The van der Waals surface area contributed by atoms with Gasteiger partial charge in [-0.1, -0.05) is 103 Å². The van der Waals surface area contributed by atoms with E-state index in [1.54, 1.807) is 0 Å². The van der Waals surface area contributed by atoms with Crippen LogP contribution < -0.4 is 0 Å². The van der Waals surface area contributed by atoms with Crippen LogP contribution in [0.15, 0.2) is 103 Å². The maximum absolute atomic E-state index is 2.26. The summed E-state index contributed by atoms with van der Waals surface area (Å²) in [5, 5.41) is 5.29. The molecule has 0 saturated heterocycles. The van der Waals surface area contributed by atoms with Crippen LogP contribution in [0.5, 0.6) is 0 Å². The second-order valence-electron chi connectivity index (χ2n) is 7.00. The van der Waals surface area contributed by atoms with Gasteiger partial charge in [-0.05, 0) is 56.3 Å². The molecule has 0 aliphatic carbocycles. The quantitative estimate of drug-likeness (QED) is 0.289. The molecule has 0 fully saturated rings. The van der Waals surface area contributed by atoms with E-state index in [9.17, 15) is 0 Å². The van der Waals surface area contributed by atoms with E-state index in [2.05, 4.69) is 110 Å². The van der Waals surface area contributed by atoms with E-state index in [-0.39, 0.29) is 0 Å². The zero-order chi connectivity index (χ0) is 18.2. The number of hydrogen-bond acceptors (Lipinski definition) is 0. The first kappa shape index (κ1) is 15.8. The van der Waals surface area contributed by atoms with Crippen LogP contribution in [-0.2, 0) is 0 Å². The molecule has 0 aliphatic rings. The molecule has 0 spiro atoms. The monoisotopic (exact) mass is 344 g/mol. The second kappa shape index (κ2) is 6.41. The Balaban J connectivity index is 1.96. The van der Waals surface area contributed by atoms with E-state index in [0.717, 1.165) is 0 Å². The largest absolute Gasteiger partial charge is 0.0622 e. The Labute approximate surface area is 159 Å². The maximum atomic E-state index is 2.26. The molecular weight excluding hydrogens is 324 g/mol. The van der Waals surface area contributed by atoms with Gasteiger partial charge < -0.3 is 0 Å². The van der Waals surface area contributed by atoms with Gasteiger partial charge in [-0.3, -0.25) is 0 Å². The van der Waals surface area contributed by atoms with Gasteiger partial charge in [-0.25, -0.2) is 0 Å². The van der Waals surface area contributed by atoms with Gasteiger partial charge in [0, 0.05) is 0 Å². The molecule has 0 nitrogen and oxygen atoms in total. The lowest BCUT2D eigenvalue weighted by atomic mass is 9.86. The Kier molecular flexibility index (Phi) is 3.76. The van der Waals surface area contributed by atoms with Crippen molar-refractivity contribution < 1.29 is 0 Å². The summed E-state index contributed by atoms with van der Waals surface area (Å²) >= 11 is 0. The standard InChI is InChI=1S/C27H20/c1-19-21-13-5-8-16-24(21)27(25-17-9-6-14-22(19)25)26-18-10-7-15-23(26)20-11-3-2-4-12-20/h2-18H,1H3. The van der Waals surface area contributed by atoms with E-state index < -0.39 is 0 Å². The van der Waals surface area contributed by atoms with Crippen molar-refractivity contribution in [1.29, 1.82) is 0 Å². The fraction of sp³-hybridized carbons (Fsp3) is 0.0370. The molecule has 0 aromatic heterocycles. The Hall–Kier alpha value is -3.38. The second-order valence-corrected chi connectivity index (χ2v) is 7.00. The van der Waals surface area contributed by atoms with E-state index in [0.29, 0.717) is 0 Å². The first-order chi connectivity index (χ1) is 13.3. The van der Waals surface area contributed by atoms with Crippen molar-refractivity contribution in [3.05, 3.63) is 109 Å². The smallest absolute Gasteiger partial charge is 0.00204 e. The molecule has 0 radical (unpaired) electrons. The minimum absolute atomic E-state index is 1.25. The average Bonchev–Trinajstić information content (AvgIpc) is 2.75. The van der Waals surface area contributed by atoms with Crippen LogP contribution in [0.3, 0.4) is 0 Å². The van der Waals surface area contributed by atoms with Crippen molar-refractivity contribution in [2.24, 2.45) is 0 Å². The van der Waals surface area contributed by atoms with Crippen LogP contribution >= 0.6 is 0 Å². The highest BCUT2D eigenvalue weighted by Crippen LogP contribution is 2.42. The maximum Gasteiger partial charge on any atom is -0.00204 e. The van der Waals surface area contributed by atoms with Gasteiger partial charge >= 0.3 is 0 Å². The van der Waals surface area contributed by atoms with Gasteiger partial charge in [0.25, 0.3) is 0 Å². The summed E-state index contributed by atoms with van der Waals surface area (Å²) in [5.74, 6) is 0. The zero-order valence-electron chi connectivity index (χ0n) is 15.3. The number of fused-ring (bicyclic) bond motifs is 2. The molecule has 0 heteroatoms. The Morgan fingerprint density at radius 1 is 0.407 bits per heavy atom. The van der Waals surface area contributed by atoms with Crippen molar-refractivity contribution >= 4 is 21.5 Å². The van der Waals surface area contributed by atoms with E-state index in [1.165, 1.54) is 49.4 Å². The highest BCUT2D eigenvalue weighted by atomic mass is 14.2. The Morgan fingerprint density at radius 2 is 0.852 bits per heavy atom. The summed E-state index contributed by atoms with van der Waals surface area (Å²) in [6, 6.07) is 37.0. The molecule has 5 aromatic rings. The van der Waals surface area contributed by atoms with Gasteiger partial charge in [0.2, 0.25) is 0 Å². The normalized spacial score (nSPS) is 11.1. The lowest BCUT2D eigenvalue weighted by Crippen LogP contribution is -1.91. The van der Waals surface area contributed by atoms with Crippen LogP contribution in [0.25, 0.3) is 43.8 Å². The summed E-state index contributed by atoms with van der Waals surface area (Å²) in [6.45, 7) is 2.23. The molecule has 0 amide bonds. The summed E-state index contributed by atoms with van der Waals surface area (Å²) in [5.41, 5.74) is 6.49. The summed E-state index contributed by atoms with van der Waals surface area (Å²) < 4.78 is 0. The Morgan fingerprint density at radius 3 is 1.44 bits per heavy atom.